The van der Waals surface area contributed by atoms with Crippen molar-refractivity contribution in [1.29, 1.82) is 5.26 Å². The largest absolute Gasteiger partial charge is 0.370 e. The molecule has 32 heavy (non-hydrogen) atoms. The number of carbonyl (C=O) groups is 1. The number of carbonyl (C=O) groups excluding carboxylic acids is 1. The number of imidazole rings is 1. The van der Waals surface area contributed by atoms with Crippen molar-refractivity contribution in [1.82, 2.24) is 14.9 Å². The third-order valence-corrected chi connectivity index (χ3v) is 6.07. The van der Waals surface area contributed by atoms with Crippen molar-refractivity contribution in [2.45, 2.75) is 44.7 Å². The van der Waals surface area contributed by atoms with Gasteiger partial charge in [-0.15, -0.1) is 0 Å². The summed E-state index contributed by atoms with van der Waals surface area (Å²) >= 11 is 0. The van der Waals surface area contributed by atoms with Crippen LogP contribution in [-0.4, -0.2) is 47.0 Å². The first-order valence-corrected chi connectivity index (χ1v) is 10.8. The van der Waals surface area contributed by atoms with E-state index in [9.17, 15) is 14.4 Å². The predicted octanol–water partition coefficient (Wildman–Crippen LogP) is 2.66. The number of ether oxygens (including phenoxy) is 2. The van der Waals surface area contributed by atoms with Crippen LogP contribution in [0, 0.1) is 23.1 Å². The molecule has 0 unspecified atom stereocenters. The highest BCUT2D eigenvalue weighted by molar-refractivity contribution is 5.81. The molecule has 1 N–H and O–H groups in total. The zero-order valence-corrected chi connectivity index (χ0v) is 18.5. The summed E-state index contributed by atoms with van der Waals surface area (Å²) in [6.07, 6.45) is 3.85. The minimum absolute atomic E-state index is 0.212. The number of anilines is 1. The van der Waals surface area contributed by atoms with Gasteiger partial charge in [-0.1, -0.05) is 0 Å². The number of nitrogens with zero attached hydrogens (tertiary/aromatic N) is 4. The number of hydrogen-bond acceptors (Lipinski definition) is 6. The highest BCUT2D eigenvalue weighted by atomic mass is 19.1. The molecular weight excluding hydrogens is 413 g/mol. The summed E-state index contributed by atoms with van der Waals surface area (Å²) in [6, 6.07) is 6.38. The van der Waals surface area contributed by atoms with Crippen LogP contribution in [0.25, 0.3) is 0 Å². The lowest BCUT2D eigenvalue weighted by atomic mass is 9.95. The number of piperidine rings is 1. The summed E-state index contributed by atoms with van der Waals surface area (Å²) in [5.41, 5.74) is 1.10. The number of rotatable bonds is 5. The lowest BCUT2D eigenvalue weighted by molar-refractivity contribution is -0.156. The van der Waals surface area contributed by atoms with Crippen molar-refractivity contribution >= 4 is 11.6 Å². The van der Waals surface area contributed by atoms with Crippen molar-refractivity contribution in [3.63, 3.8) is 0 Å². The van der Waals surface area contributed by atoms with Gasteiger partial charge in [-0.2, -0.15) is 5.26 Å². The SMILES string of the molecule is Cn1ccnc1[C@@H]1OC(C)(C)O[C@H]1C(=O)NCC1CCN(c2ccc(F)cc2C#N)CC1. The van der Waals surface area contributed by atoms with E-state index in [-0.39, 0.29) is 5.91 Å². The molecule has 0 aliphatic carbocycles. The Kier molecular flexibility index (Phi) is 6.17. The summed E-state index contributed by atoms with van der Waals surface area (Å²) in [7, 11) is 1.86. The van der Waals surface area contributed by atoms with Gasteiger partial charge in [-0.25, -0.2) is 9.37 Å². The molecule has 1 aromatic heterocycles. The van der Waals surface area contributed by atoms with Crippen LogP contribution in [0.4, 0.5) is 10.1 Å². The van der Waals surface area contributed by atoms with Gasteiger partial charge in [0, 0.05) is 39.1 Å². The second kappa shape index (κ2) is 8.88. The average Bonchev–Trinajstić information content (AvgIpc) is 3.34. The first kappa shape index (κ1) is 22.2. The number of nitrogens with one attached hydrogen (secondary N) is 1. The summed E-state index contributed by atoms with van der Waals surface area (Å²) in [5.74, 6) is -0.540. The fourth-order valence-corrected chi connectivity index (χ4v) is 4.39. The molecule has 8 nitrogen and oxygen atoms in total. The van der Waals surface area contributed by atoms with Crippen LogP contribution in [0.2, 0.25) is 0 Å². The second-order valence-corrected chi connectivity index (χ2v) is 8.82. The standard InChI is InChI=1S/C23H28FN5O3/c1-23(2)31-19(21-26-8-11-28(21)3)20(32-23)22(30)27-14-15-6-9-29(10-7-15)18-5-4-17(24)12-16(18)13-25/h4-5,8,11-12,15,19-20H,6-7,9-10,14H2,1-3H3,(H,27,30)/t19-,20-/m1/s1. The minimum atomic E-state index is -0.877. The monoisotopic (exact) mass is 441 g/mol. The lowest BCUT2D eigenvalue weighted by Crippen LogP contribution is -2.43. The predicted molar refractivity (Wildman–Crippen MR) is 115 cm³/mol. The van der Waals surface area contributed by atoms with E-state index >= 15 is 0 Å². The van der Waals surface area contributed by atoms with Crippen LogP contribution in [0.5, 0.6) is 0 Å². The van der Waals surface area contributed by atoms with Gasteiger partial charge in [0.25, 0.3) is 5.91 Å². The first-order chi connectivity index (χ1) is 15.3. The van der Waals surface area contributed by atoms with E-state index in [0.29, 0.717) is 23.9 Å². The molecule has 2 aliphatic heterocycles. The quantitative estimate of drug-likeness (QED) is 0.767. The topological polar surface area (TPSA) is 92.4 Å². The van der Waals surface area contributed by atoms with Crippen molar-refractivity contribution in [3.8, 4) is 6.07 Å². The van der Waals surface area contributed by atoms with Crippen LogP contribution >= 0.6 is 0 Å². The fraction of sp³-hybridized carbons (Fsp3) is 0.522. The van der Waals surface area contributed by atoms with Gasteiger partial charge >= 0.3 is 0 Å². The fourth-order valence-electron chi connectivity index (χ4n) is 4.39. The van der Waals surface area contributed by atoms with Crippen molar-refractivity contribution < 1.29 is 18.7 Å². The molecule has 4 rings (SSSR count). The maximum atomic E-state index is 13.4. The Hall–Kier alpha value is -2.96. The van der Waals surface area contributed by atoms with Crippen LogP contribution in [0.15, 0.2) is 30.6 Å². The zero-order valence-electron chi connectivity index (χ0n) is 18.5. The van der Waals surface area contributed by atoms with Gasteiger partial charge in [0.05, 0.1) is 11.3 Å². The Morgan fingerprint density at radius 1 is 1.34 bits per heavy atom. The number of aryl methyl sites for hydroxylation is 1. The summed E-state index contributed by atoms with van der Waals surface area (Å²) < 4.78 is 27.1. The van der Waals surface area contributed by atoms with Gasteiger partial charge < -0.3 is 24.3 Å². The van der Waals surface area contributed by atoms with E-state index in [1.54, 1.807) is 26.1 Å². The van der Waals surface area contributed by atoms with E-state index in [1.165, 1.54) is 12.1 Å². The molecule has 3 heterocycles. The minimum Gasteiger partial charge on any atom is -0.370 e. The van der Waals surface area contributed by atoms with Gasteiger partial charge in [0.15, 0.2) is 18.0 Å². The lowest BCUT2D eigenvalue weighted by Gasteiger charge is -2.34. The molecule has 2 aromatic rings. The Morgan fingerprint density at radius 2 is 2.09 bits per heavy atom. The van der Waals surface area contributed by atoms with Gasteiger partial charge in [-0.05, 0) is 50.8 Å². The molecule has 0 radical (unpaired) electrons. The van der Waals surface area contributed by atoms with E-state index in [4.69, 9.17) is 9.47 Å². The molecule has 2 aliphatic rings. The summed E-state index contributed by atoms with van der Waals surface area (Å²) in [5, 5.41) is 12.3. The molecule has 0 saturated carbocycles. The van der Waals surface area contributed by atoms with E-state index < -0.39 is 23.8 Å². The van der Waals surface area contributed by atoms with Crippen LogP contribution < -0.4 is 10.2 Å². The third-order valence-electron chi connectivity index (χ3n) is 6.07. The number of nitriles is 1. The molecule has 9 heteroatoms. The molecule has 0 spiro atoms. The smallest absolute Gasteiger partial charge is 0.252 e. The number of hydrogen-bond donors (Lipinski definition) is 1. The molecular formula is C23H28FN5O3. The Labute approximate surface area is 186 Å². The number of aromatic nitrogens is 2. The molecule has 2 atom stereocenters. The number of amides is 1. The van der Waals surface area contributed by atoms with Crippen molar-refractivity contribution in [3.05, 3.63) is 47.8 Å². The zero-order chi connectivity index (χ0) is 22.9. The normalized spacial score (nSPS) is 23.2. The number of halogens is 1. The maximum absolute atomic E-state index is 13.4. The molecule has 170 valence electrons. The molecule has 0 bridgehead atoms. The average molecular weight is 442 g/mol. The molecule has 1 amide bonds. The van der Waals surface area contributed by atoms with Crippen LogP contribution in [0.3, 0.4) is 0 Å². The number of benzene rings is 1. The Balaban J connectivity index is 1.33. The first-order valence-electron chi connectivity index (χ1n) is 10.8. The third kappa shape index (κ3) is 4.61. The van der Waals surface area contributed by atoms with Crippen molar-refractivity contribution in [2.75, 3.05) is 24.5 Å². The van der Waals surface area contributed by atoms with Crippen LogP contribution in [-0.2, 0) is 21.3 Å². The maximum Gasteiger partial charge on any atom is 0.252 e. The van der Waals surface area contributed by atoms with E-state index in [1.807, 2.05) is 17.8 Å². The Bertz CT molecular complexity index is 1020. The van der Waals surface area contributed by atoms with Gasteiger partial charge in [0.1, 0.15) is 17.7 Å². The van der Waals surface area contributed by atoms with Gasteiger partial charge in [-0.3, -0.25) is 4.79 Å². The summed E-state index contributed by atoms with van der Waals surface area (Å²) in [4.78, 5) is 19.4. The second-order valence-electron chi connectivity index (χ2n) is 8.82. The van der Waals surface area contributed by atoms with Gasteiger partial charge in [0.2, 0.25) is 0 Å². The molecule has 2 saturated heterocycles. The molecule has 1 aromatic carbocycles. The highest BCUT2D eigenvalue weighted by Gasteiger charge is 2.47. The van der Waals surface area contributed by atoms with E-state index in [0.717, 1.165) is 31.6 Å². The molecule has 2 fully saturated rings. The van der Waals surface area contributed by atoms with E-state index in [2.05, 4.69) is 21.3 Å². The van der Waals surface area contributed by atoms with Crippen molar-refractivity contribution in [2.24, 2.45) is 13.0 Å². The van der Waals surface area contributed by atoms with Crippen LogP contribution in [0.1, 0.15) is 44.2 Å². The highest BCUT2D eigenvalue weighted by Crippen LogP contribution is 2.37. The summed E-state index contributed by atoms with van der Waals surface area (Å²) in [6.45, 7) is 5.60. The Morgan fingerprint density at radius 3 is 2.75 bits per heavy atom.